The van der Waals surface area contributed by atoms with Crippen LogP contribution in [0.1, 0.15) is 78.1 Å². The van der Waals surface area contributed by atoms with Crippen molar-refractivity contribution in [2.24, 2.45) is 0 Å². The fourth-order valence-electron chi connectivity index (χ4n) is 7.31. The third kappa shape index (κ3) is 4.67. The second-order valence-corrected chi connectivity index (χ2v) is 18.4. The van der Waals surface area contributed by atoms with Crippen molar-refractivity contribution in [1.82, 2.24) is 0 Å². The van der Waals surface area contributed by atoms with Gasteiger partial charge in [0.05, 0.1) is 0 Å². The maximum absolute atomic E-state index is 2.78. The van der Waals surface area contributed by atoms with Crippen molar-refractivity contribution in [2.75, 3.05) is 0 Å². The van der Waals surface area contributed by atoms with Gasteiger partial charge in [0.2, 0.25) is 0 Å². The van der Waals surface area contributed by atoms with Crippen LogP contribution in [0.5, 0.6) is 0 Å². The summed E-state index contributed by atoms with van der Waals surface area (Å²) in [5.41, 5.74) is 17.6. The zero-order valence-electron chi connectivity index (χ0n) is 25.1. The number of hydrogen-bond donors (Lipinski definition) is 0. The summed E-state index contributed by atoms with van der Waals surface area (Å²) in [5.74, 6) is 0. The Bertz CT molecular complexity index is 1760. The van der Waals surface area contributed by atoms with E-state index in [2.05, 4.69) is 149 Å². The van der Waals surface area contributed by atoms with Crippen LogP contribution in [0.4, 0.5) is 0 Å². The summed E-state index contributed by atoms with van der Waals surface area (Å²) in [6.45, 7) is 9.18. The number of benzene rings is 5. The molecule has 1 unspecified atom stereocenters. The first kappa shape index (κ1) is 27.4. The summed E-state index contributed by atoms with van der Waals surface area (Å²) in [6, 6.07) is 44.6. The van der Waals surface area contributed by atoms with Crippen LogP contribution >= 0.6 is 0 Å². The van der Waals surface area contributed by atoms with Gasteiger partial charge in [-0.1, -0.05) is 0 Å². The molecule has 7 rings (SSSR count). The summed E-state index contributed by atoms with van der Waals surface area (Å²) < 4.78 is 2.53. The standard InChI is InChI=1S/C17H17.C13H10.C11H11.Zr/c1-3-12-5-7-16-14(9-12)11-15-10-13(4-2)6-8-17(15)16;1-3-7-12(8-4-1)11-13-9-5-2-6-10-13;1-8-3-6-11-9(2)4-5-10(11)7-8;/h5-11H,3-4H2,1-2H3;1-10H;3-7H,1-2H3;. The minimum atomic E-state index is -2.78. The molecule has 2 aliphatic carbocycles. The third-order valence-electron chi connectivity index (χ3n) is 9.40. The molecule has 0 radical (unpaired) electrons. The molecule has 0 bridgehead atoms. The van der Waals surface area contributed by atoms with Crippen LogP contribution in [0.2, 0.25) is 0 Å². The molecular weight excluding hydrogens is 584 g/mol. The van der Waals surface area contributed by atoms with E-state index in [4.69, 9.17) is 0 Å². The molecule has 0 saturated heterocycles. The van der Waals surface area contributed by atoms with Crippen LogP contribution < -0.4 is 0 Å². The monoisotopic (exact) mass is 620 g/mol. The van der Waals surface area contributed by atoms with Crippen molar-refractivity contribution in [1.29, 1.82) is 0 Å². The predicted molar refractivity (Wildman–Crippen MR) is 176 cm³/mol. The normalized spacial score (nSPS) is 15.1. The van der Waals surface area contributed by atoms with Crippen molar-refractivity contribution in [3.8, 4) is 11.1 Å². The molecule has 5 aromatic carbocycles. The van der Waals surface area contributed by atoms with Crippen molar-refractivity contribution in [3.63, 3.8) is 0 Å². The molecule has 2 aliphatic rings. The van der Waals surface area contributed by atoms with E-state index in [1.54, 1.807) is 19.9 Å². The van der Waals surface area contributed by atoms with Gasteiger partial charge in [0.25, 0.3) is 0 Å². The number of aryl methyl sites for hydroxylation is 3. The molecule has 0 N–H and O–H groups in total. The van der Waals surface area contributed by atoms with Gasteiger partial charge >= 0.3 is 260 Å². The van der Waals surface area contributed by atoms with Gasteiger partial charge in [-0.25, -0.2) is 0 Å². The summed E-state index contributed by atoms with van der Waals surface area (Å²) in [5, 5.41) is 0. The van der Waals surface area contributed by atoms with Gasteiger partial charge in [-0.15, -0.1) is 0 Å². The van der Waals surface area contributed by atoms with Gasteiger partial charge in [0.15, 0.2) is 0 Å². The summed E-state index contributed by atoms with van der Waals surface area (Å²) in [6.07, 6.45) is 4.79. The first-order chi connectivity index (χ1) is 20.6. The van der Waals surface area contributed by atoms with E-state index in [-0.39, 0.29) is 0 Å². The van der Waals surface area contributed by atoms with E-state index in [1.807, 2.05) is 0 Å². The van der Waals surface area contributed by atoms with Gasteiger partial charge in [-0.2, -0.15) is 0 Å². The van der Waals surface area contributed by atoms with Crippen LogP contribution in [0, 0.1) is 6.92 Å². The number of allylic oxidation sites excluding steroid dienone is 2. The van der Waals surface area contributed by atoms with E-state index in [0.29, 0.717) is 7.25 Å². The van der Waals surface area contributed by atoms with E-state index >= 15 is 0 Å². The molecular formula is C41H38Zr. The Labute approximate surface area is 258 Å². The van der Waals surface area contributed by atoms with Crippen molar-refractivity contribution in [3.05, 3.63) is 171 Å². The zero-order valence-corrected chi connectivity index (χ0v) is 27.6. The second kappa shape index (κ2) is 11.4. The van der Waals surface area contributed by atoms with Crippen LogP contribution in [0.3, 0.4) is 0 Å². The molecule has 0 heterocycles. The Morgan fingerprint density at radius 2 is 1.10 bits per heavy atom. The van der Waals surface area contributed by atoms with Gasteiger partial charge in [-0.05, 0) is 0 Å². The summed E-state index contributed by atoms with van der Waals surface area (Å²) in [4.78, 5) is 0. The van der Waals surface area contributed by atoms with E-state index in [1.165, 1.54) is 50.1 Å². The summed E-state index contributed by atoms with van der Waals surface area (Å²) in [7, 11) is 0. The van der Waals surface area contributed by atoms with E-state index in [9.17, 15) is 0 Å². The molecule has 0 aromatic heterocycles. The summed E-state index contributed by atoms with van der Waals surface area (Å²) >= 11 is -2.78. The van der Waals surface area contributed by atoms with E-state index in [0.717, 1.165) is 12.8 Å². The van der Waals surface area contributed by atoms with Gasteiger partial charge < -0.3 is 0 Å². The molecule has 0 saturated carbocycles. The molecule has 1 heteroatoms. The molecule has 0 aliphatic heterocycles. The molecule has 5 aromatic rings. The van der Waals surface area contributed by atoms with Gasteiger partial charge in [-0.3, -0.25) is 0 Å². The Morgan fingerprint density at radius 3 is 1.62 bits per heavy atom. The van der Waals surface area contributed by atoms with Crippen molar-refractivity contribution >= 4 is 8.78 Å². The molecule has 0 amide bonds. The zero-order chi connectivity index (χ0) is 28.8. The SMILES string of the molecule is CCc1ccc2c(c1)[CH]([Zr](=[C](c1ccccc1)c1ccccc1)[CH]1C=C(C)c3ccc(C)cc31)c1cc(CC)ccc1-2. The molecule has 0 spiro atoms. The average Bonchev–Trinajstić information content (AvgIpc) is 3.53. The average molecular weight is 622 g/mol. The Kier molecular flexibility index (Phi) is 7.41. The quantitative estimate of drug-likeness (QED) is 0.177. The second-order valence-electron chi connectivity index (χ2n) is 12.0. The topological polar surface area (TPSA) is 0 Å². The van der Waals surface area contributed by atoms with Crippen LogP contribution in [0.15, 0.2) is 121 Å². The number of fused-ring (bicyclic) bond motifs is 4. The number of rotatable bonds is 6. The number of hydrogen-bond acceptors (Lipinski definition) is 0. The molecule has 206 valence electrons. The maximum atomic E-state index is 2.66. The first-order valence-corrected chi connectivity index (χ1v) is 19.5. The predicted octanol–water partition coefficient (Wildman–Crippen LogP) is 10.2. The fourth-order valence-corrected chi connectivity index (χ4v) is 17.4. The minimum absolute atomic E-state index is 0.436. The Balaban J connectivity index is 1.63. The fraction of sp³-hybridized carbons (Fsp3) is 0.195. The molecule has 42 heavy (non-hydrogen) atoms. The molecule has 0 nitrogen and oxygen atoms in total. The van der Waals surface area contributed by atoms with Crippen LogP contribution in [-0.2, 0) is 34.1 Å². The van der Waals surface area contributed by atoms with Crippen LogP contribution in [0.25, 0.3) is 16.7 Å². The van der Waals surface area contributed by atoms with Crippen molar-refractivity contribution in [2.45, 2.75) is 47.8 Å². The van der Waals surface area contributed by atoms with Gasteiger partial charge in [0, 0.05) is 0 Å². The Hall–Kier alpha value is -3.41. The van der Waals surface area contributed by atoms with E-state index < -0.39 is 21.3 Å². The first-order valence-electron chi connectivity index (χ1n) is 15.5. The molecule has 0 fully saturated rings. The Morgan fingerprint density at radius 1 is 0.571 bits per heavy atom. The third-order valence-corrected chi connectivity index (χ3v) is 18.1. The van der Waals surface area contributed by atoms with Crippen LogP contribution in [-0.4, -0.2) is 3.21 Å². The molecule has 1 atom stereocenters. The van der Waals surface area contributed by atoms with Crippen molar-refractivity contribution < 1.29 is 21.3 Å². The van der Waals surface area contributed by atoms with Gasteiger partial charge in [0.1, 0.15) is 0 Å².